The molecule has 224 valence electrons. The molecule has 0 spiro atoms. The van der Waals surface area contributed by atoms with Crippen LogP contribution in [0.4, 0.5) is 17.1 Å². The number of hydrogen-bond donors (Lipinski definition) is 0. The van der Waals surface area contributed by atoms with Gasteiger partial charge in [-0.15, -0.1) is 11.3 Å². The Hall–Kier alpha value is -5.44. The van der Waals surface area contributed by atoms with Gasteiger partial charge in [0.1, 0.15) is 0 Å². The molecule has 0 saturated carbocycles. The Morgan fingerprint density at radius 2 is 1.09 bits per heavy atom. The molecule has 0 fully saturated rings. The zero-order valence-corrected chi connectivity index (χ0v) is 27.3. The highest BCUT2D eigenvalue weighted by atomic mass is 32.1. The molecule has 47 heavy (non-hydrogen) atoms. The smallest absolute Gasteiger partial charge is 0.0540 e. The predicted octanol–water partition coefficient (Wildman–Crippen LogP) is 13.2. The molecule has 1 heterocycles. The molecule has 0 unspecified atom stereocenters. The Morgan fingerprint density at radius 3 is 1.98 bits per heavy atom. The van der Waals surface area contributed by atoms with E-state index in [2.05, 4.69) is 183 Å². The Labute approximate surface area is 280 Å². The Morgan fingerprint density at radius 1 is 0.447 bits per heavy atom. The Kier molecular flexibility index (Phi) is 6.41. The molecule has 1 aromatic heterocycles. The molecule has 0 amide bonds. The van der Waals surface area contributed by atoms with Crippen LogP contribution in [0.3, 0.4) is 0 Å². The second-order valence-corrected chi connectivity index (χ2v) is 14.0. The fourth-order valence-corrected chi connectivity index (χ4v) is 8.74. The summed E-state index contributed by atoms with van der Waals surface area (Å²) >= 11 is 1.87. The van der Waals surface area contributed by atoms with Gasteiger partial charge in [0.25, 0.3) is 0 Å². The maximum absolute atomic E-state index is 2.47. The number of nitrogens with zero attached hydrogens (tertiary/aromatic N) is 1. The van der Waals surface area contributed by atoms with Crippen LogP contribution in [0.1, 0.15) is 25.0 Å². The van der Waals surface area contributed by atoms with Crippen LogP contribution in [0.25, 0.3) is 53.6 Å². The van der Waals surface area contributed by atoms with Gasteiger partial charge in [-0.1, -0.05) is 135 Å². The van der Waals surface area contributed by atoms with Crippen LogP contribution < -0.4 is 4.90 Å². The van der Waals surface area contributed by atoms with Crippen LogP contribution in [-0.2, 0) is 5.41 Å². The van der Waals surface area contributed by atoms with Gasteiger partial charge >= 0.3 is 0 Å². The van der Waals surface area contributed by atoms with Crippen LogP contribution in [0.5, 0.6) is 0 Å². The van der Waals surface area contributed by atoms with Gasteiger partial charge in [-0.2, -0.15) is 0 Å². The normalized spacial score (nSPS) is 13.1. The third-order valence-electron chi connectivity index (χ3n) is 9.87. The molecule has 0 saturated heterocycles. The van der Waals surface area contributed by atoms with Crippen LogP contribution in [-0.4, -0.2) is 0 Å². The highest BCUT2D eigenvalue weighted by molar-refractivity contribution is 7.25. The lowest BCUT2D eigenvalue weighted by Gasteiger charge is -2.30. The first kappa shape index (κ1) is 27.8. The van der Waals surface area contributed by atoms with E-state index in [4.69, 9.17) is 0 Å². The summed E-state index contributed by atoms with van der Waals surface area (Å²) in [5.41, 5.74) is 13.7. The van der Waals surface area contributed by atoms with E-state index in [1.54, 1.807) is 0 Å². The summed E-state index contributed by atoms with van der Waals surface area (Å²) in [5, 5.41) is 2.64. The summed E-state index contributed by atoms with van der Waals surface area (Å²) in [4.78, 5) is 2.47. The van der Waals surface area contributed by atoms with Crippen molar-refractivity contribution in [3.8, 4) is 33.4 Å². The lowest BCUT2D eigenvalue weighted by atomic mass is 9.82. The highest BCUT2D eigenvalue weighted by Gasteiger charge is 2.36. The zero-order valence-electron chi connectivity index (χ0n) is 26.4. The molecule has 2 heteroatoms. The minimum atomic E-state index is -0.0970. The molecule has 1 aliphatic carbocycles. The summed E-state index contributed by atoms with van der Waals surface area (Å²) in [6.45, 7) is 4.72. The number of hydrogen-bond acceptors (Lipinski definition) is 2. The first-order chi connectivity index (χ1) is 23.1. The zero-order chi connectivity index (χ0) is 31.5. The van der Waals surface area contributed by atoms with Crippen molar-refractivity contribution in [2.75, 3.05) is 4.90 Å². The summed E-state index contributed by atoms with van der Waals surface area (Å²) < 4.78 is 2.63. The van der Waals surface area contributed by atoms with Crippen molar-refractivity contribution in [3.63, 3.8) is 0 Å². The van der Waals surface area contributed by atoms with Crippen molar-refractivity contribution in [1.82, 2.24) is 0 Å². The predicted molar refractivity (Wildman–Crippen MR) is 202 cm³/mol. The van der Waals surface area contributed by atoms with E-state index < -0.39 is 0 Å². The lowest BCUT2D eigenvalue weighted by molar-refractivity contribution is 0.660. The number of benzene rings is 7. The fourth-order valence-electron chi connectivity index (χ4n) is 7.61. The molecule has 9 rings (SSSR count). The second kappa shape index (κ2) is 10.8. The SMILES string of the molecule is CC1(C)c2ccccc2-c2ccc(N(c3cccc(-c4ccccc4)c3)c3ccccc3-c3cccc4sc5ccccc5c34)cc21. The summed E-state index contributed by atoms with van der Waals surface area (Å²) in [7, 11) is 0. The first-order valence-corrected chi connectivity index (χ1v) is 17.1. The summed E-state index contributed by atoms with van der Waals surface area (Å²) in [6.07, 6.45) is 0. The largest absolute Gasteiger partial charge is 0.310 e. The summed E-state index contributed by atoms with van der Waals surface area (Å²) in [5.74, 6) is 0. The van der Waals surface area contributed by atoms with Crippen molar-refractivity contribution in [3.05, 3.63) is 175 Å². The fraction of sp³-hybridized carbons (Fsp3) is 0.0667. The van der Waals surface area contributed by atoms with E-state index >= 15 is 0 Å². The molecular formula is C45H33NS. The standard InChI is InChI=1S/C45H33NS/c1-45(2)39-22-9-6-18-34(39)35-27-26-33(29-40(35)45)46(32-17-12-16-31(28-32)30-14-4-3-5-15-30)41-23-10-7-19-36(41)37-21-13-25-43-44(37)38-20-8-11-24-42(38)47-43/h3-29H,1-2H3. The minimum Gasteiger partial charge on any atom is -0.310 e. The maximum Gasteiger partial charge on any atom is 0.0540 e. The molecule has 8 aromatic rings. The third kappa shape index (κ3) is 4.44. The molecule has 1 aliphatic rings. The third-order valence-corrected chi connectivity index (χ3v) is 11.0. The average Bonchev–Trinajstić information content (AvgIpc) is 3.61. The molecule has 0 aliphatic heterocycles. The highest BCUT2D eigenvalue weighted by Crippen LogP contribution is 2.52. The van der Waals surface area contributed by atoms with Gasteiger partial charge in [0.15, 0.2) is 0 Å². The molecular weight excluding hydrogens is 587 g/mol. The number of rotatable bonds is 5. The van der Waals surface area contributed by atoms with Gasteiger partial charge in [-0.25, -0.2) is 0 Å². The Bertz CT molecular complexity index is 2450. The summed E-state index contributed by atoms with van der Waals surface area (Å²) in [6, 6.07) is 60.1. The monoisotopic (exact) mass is 619 g/mol. The van der Waals surface area contributed by atoms with Gasteiger partial charge in [0.2, 0.25) is 0 Å². The van der Waals surface area contributed by atoms with Crippen LogP contribution in [0.2, 0.25) is 0 Å². The molecule has 1 nitrogen and oxygen atoms in total. The van der Waals surface area contributed by atoms with E-state index in [0.29, 0.717) is 0 Å². The van der Waals surface area contributed by atoms with Gasteiger partial charge in [-0.3, -0.25) is 0 Å². The number of thiophene rings is 1. The van der Waals surface area contributed by atoms with Crippen molar-refractivity contribution in [2.24, 2.45) is 0 Å². The van der Waals surface area contributed by atoms with E-state index in [0.717, 1.165) is 17.1 Å². The topological polar surface area (TPSA) is 3.24 Å². The molecule has 0 bridgehead atoms. The average molecular weight is 620 g/mol. The molecule has 0 N–H and O–H groups in total. The quantitative estimate of drug-likeness (QED) is 0.185. The maximum atomic E-state index is 2.47. The van der Waals surface area contributed by atoms with Gasteiger partial charge in [0.05, 0.1) is 5.69 Å². The van der Waals surface area contributed by atoms with Gasteiger partial charge in [0, 0.05) is 42.5 Å². The number of fused-ring (bicyclic) bond motifs is 6. The van der Waals surface area contributed by atoms with Crippen LogP contribution in [0.15, 0.2) is 164 Å². The van der Waals surface area contributed by atoms with Crippen molar-refractivity contribution in [1.29, 1.82) is 0 Å². The van der Waals surface area contributed by atoms with E-state index in [9.17, 15) is 0 Å². The van der Waals surface area contributed by atoms with Gasteiger partial charge < -0.3 is 4.90 Å². The molecule has 0 atom stereocenters. The second-order valence-electron chi connectivity index (χ2n) is 12.9. The Balaban J connectivity index is 1.30. The van der Waals surface area contributed by atoms with Crippen molar-refractivity contribution >= 4 is 48.6 Å². The number of anilines is 3. The van der Waals surface area contributed by atoms with Crippen molar-refractivity contribution < 1.29 is 0 Å². The number of para-hydroxylation sites is 1. The van der Waals surface area contributed by atoms with Gasteiger partial charge in [-0.05, 0) is 81.4 Å². The van der Waals surface area contributed by atoms with Crippen molar-refractivity contribution in [2.45, 2.75) is 19.3 Å². The molecule has 0 radical (unpaired) electrons. The lowest BCUT2D eigenvalue weighted by Crippen LogP contribution is -2.17. The minimum absolute atomic E-state index is 0.0970. The molecule has 7 aromatic carbocycles. The van der Waals surface area contributed by atoms with E-state index in [-0.39, 0.29) is 5.41 Å². The van der Waals surface area contributed by atoms with E-state index in [1.165, 1.54) is 64.7 Å². The first-order valence-electron chi connectivity index (χ1n) is 16.3. The van der Waals surface area contributed by atoms with E-state index in [1.807, 2.05) is 11.3 Å². The van der Waals surface area contributed by atoms with Crippen LogP contribution >= 0.6 is 11.3 Å². The van der Waals surface area contributed by atoms with Crippen LogP contribution in [0, 0.1) is 0 Å².